The number of hydrogen-bond acceptors (Lipinski definition) is 4. The molecule has 2 aromatic rings. The fraction of sp³-hybridized carbons (Fsp3) is 0.500. The number of nitrogens with one attached hydrogen (secondary N) is 1. The molecule has 3 aliphatic heterocycles. The lowest BCUT2D eigenvalue weighted by Crippen LogP contribution is -2.52. The van der Waals surface area contributed by atoms with E-state index in [1.165, 1.54) is 16.7 Å². The third-order valence-corrected chi connectivity index (χ3v) is 9.65. The predicted molar refractivity (Wildman–Crippen MR) is 175 cm³/mol. The van der Waals surface area contributed by atoms with Crippen LogP contribution in [-0.2, 0) is 25.0 Å². The molecule has 2 atom stereocenters. The first-order chi connectivity index (χ1) is 20.2. The van der Waals surface area contributed by atoms with E-state index in [0.717, 1.165) is 88.0 Å². The number of nitrogens with zero attached hydrogens (tertiary/aromatic N) is 3. The Kier molecular flexibility index (Phi) is 8.25. The van der Waals surface area contributed by atoms with Gasteiger partial charge in [-0.3, -0.25) is 0 Å². The minimum Gasteiger partial charge on any atom is -0.378 e. The van der Waals surface area contributed by atoms with Gasteiger partial charge in [-0.05, 0) is 98.9 Å². The lowest BCUT2D eigenvalue weighted by atomic mass is 9.77. The van der Waals surface area contributed by atoms with Crippen LogP contribution in [0.2, 0.25) is 0 Å². The molecule has 0 saturated carbocycles. The molecular weight excluding hydrogens is 520 g/mol. The van der Waals surface area contributed by atoms with Crippen molar-refractivity contribution in [2.24, 2.45) is 9.98 Å². The molecule has 2 aromatic heterocycles. The summed E-state index contributed by atoms with van der Waals surface area (Å²) in [5.74, 6) is 0. The highest BCUT2D eigenvalue weighted by Gasteiger charge is 2.56. The van der Waals surface area contributed by atoms with Crippen LogP contribution in [0.15, 0.2) is 51.6 Å². The smallest absolute Gasteiger partial charge is 0.214 e. The van der Waals surface area contributed by atoms with E-state index in [9.17, 15) is 10.2 Å². The van der Waals surface area contributed by atoms with Gasteiger partial charge in [-0.2, -0.15) is 0 Å². The van der Waals surface area contributed by atoms with Gasteiger partial charge < -0.3 is 19.8 Å². The Balaban J connectivity index is 2.03. The van der Waals surface area contributed by atoms with Gasteiger partial charge in [-0.1, -0.05) is 48.5 Å². The van der Waals surface area contributed by atoms with E-state index < -0.39 is 11.3 Å². The molecule has 42 heavy (non-hydrogen) atoms. The number of hydrogen-bond donors (Lipinski definition) is 3. The molecule has 2 unspecified atom stereocenters. The van der Waals surface area contributed by atoms with Gasteiger partial charge in [0.2, 0.25) is 5.72 Å². The summed E-state index contributed by atoms with van der Waals surface area (Å²) in [5.41, 5.74) is 7.69. The lowest BCUT2D eigenvalue weighted by Gasteiger charge is -2.41. The summed E-state index contributed by atoms with van der Waals surface area (Å²) < 4.78 is 2.27. The Morgan fingerprint density at radius 3 is 1.88 bits per heavy atom. The van der Waals surface area contributed by atoms with E-state index >= 15 is 0 Å². The maximum absolute atomic E-state index is 13.0. The Morgan fingerprint density at radius 1 is 0.738 bits per heavy atom. The molecule has 0 radical (unpaired) electrons. The molecule has 0 aromatic carbocycles. The number of aliphatic imine (C=N–C) groups is 2. The zero-order valence-corrected chi connectivity index (χ0v) is 26.8. The van der Waals surface area contributed by atoms with Gasteiger partial charge in [0, 0.05) is 39.7 Å². The number of allylic oxidation sites excluding steroid dienone is 4. The van der Waals surface area contributed by atoms with Crippen molar-refractivity contribution < 1.29 is 10.2 Å². The van der Waals surface area contributed by atoms with Gasteiger partial charge >= 0.3 is 0 Å². The van der Waals surface area contributed by atoms with Crippen molar-refractivity contribution in [3.63, 3.8) is 0 Å². The number of H-pyrrole nitrogens is 1. The van der Waals surface area contributed by atoms with Gasteiger partial charge in [0.05, 0.1) is 22.8 Å². The molecule has 224 valence electrons. The van der Waals surface area contributed by atoms with Crippen molar-refractivity contribution in [2.45, 2.75) is 118 Å². The molecule has 0 fully saturated rings. The number of aliphatic hydroxyl groups is 2. The highest BCUT2D eigenvalue weighted by molar-refractivity contribution is 6.27. The topological polar surface area (TPSA) is 85.9 Å². The quantitative estimate of drug-likeness (QED) is 0.365. The van der Waals surface area contributed by atoms with Gasteiger partial charge in [-0.15, -0.1) is 0 Å². The second-order valence-corrected chi connectivity index (χ2v) is 11.5. The zero-order valence-electron chi connectivity index (χ0n) is 26.8. The van der Waals surface area contributed by atoms with Crippen molar-refractivity contribution in [2.75, 3.05) is 0 Å². The largest absolute Gasteiger partial charge is 0.378 e. The third kappa shape index (κ3) is 4.21. The van der Waals surface area contributed by atoms with Crippen LogP contribution in [0.25, 0.3) is 16.7 Å². The molecule has 6 nitrogen and oxygen atoms in total. The molecule has 0 spiro atoms. The Bertz CT molecular complexity index is 1690. The molecule has 0 aliphatic carbocycles. The number of aromatic nitrogens is 2. The Morgan fingerprint density at radius 2 is 1.36 bits per heavy atom. The molecule has 0 amide bonds. The zero-order chi connectivity index (χ0) is 30.4. The normalized spacial score (nSPS) is 23.6. The molecule has 5 rings (SSSR count). The van der Waals surface area contributed by atoms with Gasteiger partial charge in [-0.25, -0.2) is 9.98 Å². The van der Waals surface area contributed by atoms with Crippen molar-refractivity contribution in [1.29, 1.82) is 0 Å². The van der Waals surface area contributed by atoms with Crippen LogP contribution in [0, 0.1) is 0 Å². The van der Waals surface area contributed by atoms with Gasteiger partial charge in [0.1, 0.15) is 0 Å². The van der Waals surface area contributed by atoms with Crippen LogP contribution >= 0.6 is 0 Å². The van der Waals surface area contributed by atoms with E-state index in [-0.39, 0.29) is 0 Å². The first kappa shape index (κ1) is 30.2. The maximum Gasteiger partial charge on any atom is 0.214 e. The average molecular weight is 569 g/mol. The van der Waals surface area contributed by atoms with Crippen molar-refractivity contribution in [3.05, 3.63) is 74.8 Å². The van der Waals surface area contributed by atoms with Crippen LogP contribution in [0.1, 0.15) is 110 Å². The van der Waals surface area contributed by atoms with Gasteiger partial charge in [0.25, 0.3) is 0 Å². The second-order valence-electron chi connectivity index (χ2n) is 11.5. The van der Waals surface area contributed by atoms with Crippen LogP contribution in [0.4, 0.5) is 0 Å². The summed E-state index contributed by atoms with van der Waals surface area (Å²) in [6, 6.07) is 4.24. The monoisotopic (exact) mass is 568 g/mol. The van der Waals surface area contributed by atoms with Crippen LogP contribution in [0.5, 0.6) is 0 Å². The summed E-state index contributed by atoms with van der Waals surface area (Å²) >= 11 is 0. The molecule has 8 bridgehead atoms. The fourth-order valence-electron chi connectivity index (χ4n) is 7.54. The van der Waals surface area contributed by atoms with E-state index in [0.29, 0.717) is 19.4 Å². The first-order valence-corrected chi connectivity index (χ1v) is 16.1. The SMILES string of the molecule is CCC1=CC2=NC1(O)C(O)(CC)c1c(CC)c(CC)c(n1CC)C(CC)=C1C=CC(=N1)C(CC)=c1ccc([nH]1)=C2CC. The third-order valence-electron chi connectivity index (χ3n) is 9.65. The summed E-state index contributed by atoms with van der Waals surface area (Å²) in [6.07, 6.45) is 11.2. The van der Waals surface area contributed by atoms with Crippen LogP contribution in [0.3, 0.4) is 0 Å². The number of aromatic amines is 1. The Hall–Kier alpha value is -3.22. The van der Waals surface area contributed by atoms with Crippen LogP contribution < -0.4 is 10.7 Å². The number of fused-ring (bicyclic) bond motifs is 6. The van der Waals surface area contributed by atoms with E-state index in [2.05, 4.69) is 75.4 Å². The first-order valence-electron chi connectivity index (χ1n) is 16.1. The van der Waals surface area contributed by atoms with E-state index in [1.54, 1.807) is 0 Å². The minimum absolute atomic E-state index is 0.320. The maximum atomic E-state index is 13.0. The minimum atomic E-state index is -1.78. The van der Waals surface area contributed by atoms with Crippen LogP contribution in [-0.4, -0.2) is 36.9 Å². The fourth-order valence-corrected chi connectivity index (χ4v) is 7.54. The molecule has 3 aliphatic rings. The van der Waals surface area contributed by atoms with Crippen molar-refractivity contribution in [3.8, 4) is 0 Å². The second kappa shape index (κ2) is 11.5. The van der Waals surface area contributed by atoms with E-state index in [4.69, 9.17) is 9.98 Å². The van der Waals surface area contributed by atoms with E-state index in [1.807, 2.05) is 19.9 Å². The highest BCUT2D eigenvalue weighted by Crippen LogP contribution is 2.50. The van der Waals surface area contributed by atoms with Gasteiger partial charge in [0.15, 0.2) is 5.60 Å². The van der Waals surface area contributed by atoms with Crippen molar-refractivity contribution >= 4 is 28.1 Å². The van der Waals surface area contributed by atoms with Crippen molar-refractivity contribution in [1.82, 2.24) is 9.55 Å². The standard InChI is InChI=1S/C36H48N4O2/c1-9-22-21-32-26(13-5)30-18-17-28(37-30)25(12-4)29-19-20-31(38-29)27(14-6)33-23(10-2)24(11-3)34(40(33)16-8)35(41,15-7)36(22,42)39-32/h17-21,37,41-42H,9-16H2,1-8H3. The summed E-state index contributed by atoms with van der Waals surface area (Å²) in [5, 5.41) is 27.7. The summed E-state index contributed by atoms with van der Waals surface area (Å²) in [4.78, 5) is 14.0. The lowest BCUT2D eigenvalue weighted by molar-refractivity contribution is -0.138. The molecule has 5 heterocycles. The highest BCUT2D eigenvalue weighted by atomic mass is 16.4. The molecule has 3 N–H and O–H groups in total. The predicted octanol–water partition coefficient (Wildman–Crippen LogP) is 6.01. The molecule has 6 heteroatoms. The number of rotatable bonds is 8. The summed E-state index contributed by atoms with van der Waals surface area (Å²) in [6.45, 7) is 17.6. The average Bonchev–Trinajstić information content (AvgIpc) is 3.79. The molecule has 0 saturated heterocycles. The molecular formula is C36H48N4O2. The summed E-state index contributed by atoms with van der Waals surface area (Å²) in [7, 11) is 0. The Labute approximate surface area is 250 Å².